The minimum Gasteiger partial charge on any atom is -0.495 e. The smallest absolute Gasteiger partial charge is 0.251 e. The number of aromatic nitrogens is 2. The van der Waals surface area contributed by atoms with Crippen LogP contribution in [0, 0.1) is 0 Å². The number of hydrogen-bond donors (Lipinski definition) is 1. The lowest BCUT2D eigenvalue weighted by Crippen LogP contribution is -2.46. The molecule has 8 heteroatoms. The van der Waals surface area contributed by atoms with Crippen LogP contribution in [0.25, 0.3) is 11.3 Å². The van der Waals surface area contributed by atoms with Crippen molar-refractivity contribution in [2.24, 2.45) is 7.05 Å². The third kappa shape index (κ3) is 6.18. The number of methoxy groups -OCH3 is 1. The highest BCUT2D eigenvalue weighted by Gasteiger charge is 2.19. The summed E-state index contributed by atoms with van der Waals surface area (Å²) in [6.45, 7) is 5.80. The number of carbonyl (C=O) groups is 1. The highest BCUT2D eigenvalue weighted by Crippen LogP contribution is 2.31. The van der Waals surface area contributed by atoms with Gasteiger partial charge in [0.2, 0.25) is 0 Å². The molecule has 0 unspecified atom stereocenters. The second-order valence-corrected chi connectivity index (χ2v) is 9.53. The molecule has 7 nitrogen and oxygen atoms in total. The van der Waals surface area contributed by atoms with Crippen LogP contribution in [0.2, 0.25) is 0 Å². The van der Waals surface area contributed by atoms with E-state index in [1.54, 1.807) is 13.4 Å². The number of rotatable bonds is 9. The van der Waals surface area contributed by atoms with Gasteiger partial charge in [-0.2, -0.15) is 0 Å². The van der Waals surface area contributed by atoms with E-state index in [1.807, 2.05) is 48.1 Å². The molecule has 0 atom stereocenters. The Hall–Kier alpha value is -2.84. The molecule has 1 aliphatic heterocycles. The van der Waals surface area contributed by atoms with Crippen LogP contribution in [-0.2, 0) is 7.05 Å². The maximum atomic E-state index is 12.4. The van der Waals surface area contributed by atoms with Crippen LogP contribution in [-0.4, -0.2) is 66.7 Å². The first-order valence-electron chi connectivity index (χ1n) is 11.7. The predicted octanol–water partition coefficient (Wildman–Crippen LogP) is 4.19. The minimum atomic E-state index is -0.0235. The molecule has 1 N–H and O–H groups in total. The van der Waals surface area contributed by atoms with Crippen molar-refractivity contribution in [3.05, 3.63) is 65.0 Å². The van der Waals surface area contributed by atoms with Crippen molar-refractivity contribution in [1.82, 2.24) is 19.8 Å². The number of amides is 1. The van der Waals surface area contributed by atoms with Gasteiger partial charge in [-0.05, 0) is 49.7 Å². The molecule has 0 spiro atoms. The number of unbranched alkanes of at least 4 members (excludes halogenated alkanes) is 1. The van der Waals surface area contributed by atoms with E-state index < -0.39 is 0 Å². The zero-order valence-electron chi connectivity index (χ0n) is 19.8. The lowest BCUT2D eigenvalue weighted by atomic mass is 10.1. The van der Waals surface area contributed by atoms with Crippen LogP contribution < -0.4 is 15.0 Å². The maximum absolute atomic E-state index is 12.4. The van der Waals surface area contributed by atoms with Gasteiger partial charge in [0.05, 0.1) is 24.8 Å². The summed E-state index contributed by atoms with van der Waals surface area (Å²) in [7, 11) is 3.66. The summed E-state index contributed by atoms with van der Waals surface area (Å²) in [5, 5.41) is 3.04. The number of anilines is 1. The number of benzene rings is 2. The Morgan fingerprint density at radius 3 is 2.53 bits per heavy atom. The molecule has 0 saturated carbocycles. The Balaban J connectivity index is 1.14. The molecule has 34 heavy (non-hydrogen) atoms. The van der Waals surface area contributed by atoms with Gasteiger partial charge >= 0.3 is 0 Å². The quantitative estimate of drug-likeness (QED) is 0.424. The van der Waals surface area contributed by atoms with Gasteiger partial charge in [0.15, 0.2) is 0 Å². The van der Waals surface area contributed by atoms with Crippen molar-refractivity contribution in [3.63, 3.8) is 0 Å². The number of imidazole rings is 1. The van der Waals surface area contributed by atoms with Gasteiger partial charge in [-0.15, -0.1) is 0 Å². The summed E-state index contributed by atoms with van der Waals surface area (Å²) in [4.78, 5) is 21.7. The molecule has 4 rings (SSSR count). The Kier molecular flexibility index (Phi) is 8.24. The van der Waals surface area contributed by atoms with E-state index in [-0.39, 0.29) is 5.91 Å². The first kappa shape index (κ1) is 24.3. The molecule has 1 aromatic heterocycles. The van der Waals surface area contributed by atoms with Crippen molar-refractivity contribution < 1.29 is 9.53 Å². The number of aryl methyl sites for hydroxylation is 1. The van der Waals surface area contributed by atoms with E-state index >= 15 is 0 Å². The van der Waals surface area contributed by atoms with Gasteiger partial charge in [0, 0.05) is 61.6 Å². The molecule has 0 radical (unpaired) electrons. The molecular formula is C26H32BrN5O2. The van der Waals surface area contributed by atoms with Crippen LogP contribution in [0.1, 0.15) is 23.2 Å². The van der Waals surface area contributed by atoms with Gasteiger partial charge in [-0.25, -0.2) is 4.98 Å². The number of hydrogen-bond acceptors (Lipinski definition) is 5. The Bertz CT molecular complexity index is 1090. The van der Waals surface area contributed by atoms with Crippen LogP contribution in [0.4, 0.5) is 5.69 Å². The lowest BCUT2D eigenvalue weighted by molar-refractivity contribution is 0.0952. The molecule has 180 valence electrons. The van der Waals surface area contributed by atoms with Crippen LogP contribution >= 0.6 is 15.9 Å². The average molecular weight is 526 g/mol. The number of piperazine rings is 1. The average Bonchev–Trinajstić information content (AvgIpc) is 3.30. The van der Waals surface area contributed by atoms with Crippen molar-refractivity contribution in [1.29, 1.82) is 0 Å². The van der Waals surface area contributed by atoms with Crippen molar-refractivity contribution in [3.8, 4) is 17.0 Å². The minimum absolute atomic E-state index is 0.0235. The highest BCUT2D eigenvalue weighted by molar-refractivity contribution is 9.10. The Morgan fingerprint density at radius 2 is 1.85 bits per heavy atom. The first-order valence-corrected chi connectivity index (χ1v) is 12.5. The van der Waals surface area contributed by atoms with Crippen molar-refractivity contribution in [2.75, 3.05) is 51.3 Å². The van der Waals surface area contributed by atoms with E-state index in [4.69, 9.17) is 4.74 Å². The summed E-state index contributed by atoms with van der Waals surface area (Å²) in [6, 6.07) is 13.8. The molecule has 1 fully saturated rings. The van der Waals surface area contributed by atoms with Crippen LogP contribution in [0.15, 0.2) is 59.5 Å². The monoisotopic (exact) mass is 525 g/mol. The zero-order chi connectivity index (χ0) is 23.9. The number of ether oxygens (including phenoxy) is 1. The van der Waals surface area contributed by atoms with Crippen molar-refractivity contribution in [2.45, 2.75) is 12.8 Å². The second kappa shape index (κ2) is 11.5. The van der Waals surface area contributed by atoms with E-state index in [0.717, 1.165) is 72.7 Å². The number of carbonyl (C=O) groups excluding carboxylic acids is 1. The SMILES string of the molecule is COc1cc(Br)ccc1N1CCN(CCCCNC(=O)c2ccc(-c3cn(C)cn3)cc2)CC1. The Labute approximate surface area is 209 Å². The molecule has 1 saturated heterocycles. The second-order valence-electron chi connectivity index (χ2n) is 8.61. The van der Waals surface area contributed by atoms with Crippen LogP contribution in [0.3, 0.4) is 0 Å². The first-order chi connectivity index (χ1) is 16.5. The third-order valence-corrected chi connectivity index (χ3v) is 6.68. The lowest BCUT2D eigenvalue weighted by Gasteiger charge is -2.36. The third-order valence-electron chi connectivity index (χ3n) is 6.19. The van der Waals surface area contributed by atoms with E-state index in [0.29, 0.717) is 12.1 Å². The van der Waals surface area contributed by atoms with Gasteiger partial charge < -0.3 is 19.5 Å². The molecular weight excluding hydrogens is 494 g/mol. The van der Waals surface area contributed by atoms with Crippen molar-refractivity contribution >= 4 is 27.5 Å². The zero-order valence-corrected chi connectivity index (χ0v) is 21.4. The Morgan fingerprint density at radius 1 is 1.09 bits per heavy atom. The van der Waals surface area contributed by atoms with Gasteiger partial charge in [0.1, 0.15) is 5.75 Å². The molecule has 3 aromatic rings. The molecule has 0 bridgehead atoms. The summed E-state index contributed by atoms with van der Waals surface area (Å²) < 4.78 is 8.49. The van der Waals surface area contributed by atoms with E-state index in [1.165, 1.54) is 0 Å². The normalized spacial score (nSPS) is 14.3. The predicted molar refractivity (Wildman–Crippen MR) is 140 cm³/mol. The molecule has 2 aromatic carbocycles. The maximum Gasteiger partial charge on any atom is 0.251 e. The molecule has 1 aliphatic rings. The topological polar surface area (TPSA) is 62.6 Å². The number of nitrogens with zero attached hydrogens (tertiary/aromatic N) is 4. The molecule has 2 heterocycles. The van der Waals surface area contributed by atoms with E-state index in [2.05, 4.69) is 48.2 Å². The number of nitrogens with one attached hydrogen (secondary N) is 1. The summed E-state index contributed by atoms with van der Waals surface area (Å²) in [5.74, 6) is 0.884. The fraction of sp³-hybridized carbons (Fsp3) is 0.385. The highest BCUT2D eigenvalue weighted by atomic mass is 79.9. The van der Waals surface area contributed by atoms with Crippen LogP contribution in [0.5, 0.6) is 5.75 Å². The summed E-state index contributed by atoms with van der Waals surface area (Å²) in [5.41, 5.74) is 3.75. The van der Waals surface area contributed by atoms with Gasteiger partial charge in [0.25, 0.3) is 5.91 Å². The fourth-order valence-corrected chi connectivity index (χ4v) is 4.58. The standard InChI is InChI=1S/C26H32BrN5O2/c1-30-18-23(29-19-30)20-5-7-21(8-6-20)26(33)28-11-3-4-12-31-13-15-32(16-14-31)24-10-9-22(27)17-25(24)34-2/h5-10,17-19H,3-4,11-16H2,1-2H3,(H,28,33). The number of halogens is 1. The van der Waals surface area contributed by atoms with Gasteiger partial charge in [-0.3, -0.25) is 9.69 Å². The molecule has 0 aliphatic carbocycles. The summed E-state index contributed by atoms with van der Waals surface area (Å²) >= 11 is 3.51. The largest absolute Gasteiger partial charge is 0.495 e. The summed E-state index contributed by atoms with van der Waals surface area (Å²) in [6.07, 6.45) is 5.78. The van der Waals surface area contributed by atoms with E-state index in [9.17, 15) is 4.79 Å². The van der Waals surface area contributed by atoms with Gasteiger partial charge in [-0.1, -0.05) is 28.1 Å². The fourth-order valence-electron chi connectivity index (χ4n) is 4.24. The molecule has 1 amide bonds.